The van der Waals surface area contributed by atoms with Gasteiger partial charge in [-0.15, -0.1) is 0 Å². The molecule has 1 aromatic rings. The molecule has 0 radical (unpaired) electrons. The van der Waals surface area contributed by atoms with Crippen molar-refractivity contribution in [3.63, 3.8) is 0 Å². The zero-order chi connectivity index (χ0) is 10.8. The van der Waals surface area contributed by atoms with Crippen LogP contribution >= 0.6 is 22.6 Å². The summed E-state index contributed by atoms with van der Waals surface area (Å²) in [5.74, 6) is 0.667. The van der Waals surface area contributed by atoms with E-state index in [1.165, 1.54) is 13.1 Å². The largest absolute Gasteiger partial charge is 0.496 e. The molecule has 0 aliphatic carbocycles. The first-order valence-electron chi connectivity index (χ1n) is 3.78. The van der Waals surface area contributed by atoms with E-state index in [9.17, 15) is 8.42 Å². The van der Waals surface area contributed by atoms with Crippen LogP contribution in [0.15, 0.2) is 23.1 Å². The lowest BCUT2D eigenvalue weighted by Gasteiger charge is -2.06. The van der Waals surface area contributed by atoms with Gasteiger partial charge in [0.1, 0.15) is 5.75 Å². The standard InChI is InChI=1S/C8H10INO3S/c1-10-14(11,12)6-3-4-8(13-2)7(9)5-6/h3-5,10H,1-2H3. The smallest absolute Gasteiger partial charge is 0.240 e. The Morgan fingerprint density at radius 2 is 2.07 bits per heavy atom. The van der Waals surface area contributed by atoms with Crippen LogP contribution in [0.4, 0.5) is 0 Å². The van der Waals surface area contributed by atoms with Gasteiger partial charge in [0.15, 0.2) is 0 Å². The summed E-state index contributed by atoms with van der Waals surface area (Å²) in [6.45, 7) is 0. The Labute approximate surface area is 96.8 Å². The Balaban J connectivity index is 3.22. The van der Waals surface area contributed by atoms with Crippen LogP contribution in [0.1, 0.15) is 0 Å². The molecule has 0 aliphatic heterocycles. The van der Waals surface area contributed by atoms with Gasteiger partial charge in [0, 0.05) is 0 Å². The third kappa shape index (κ3) is 2.37. The molecular formula is C8H10INO3S. The first-order valence-corrected chi connectivity index (χ1v) is 6.34. The van der Waals surface area contributed by atoms with E-state index in [0.29, 0.717) is 5.75 Å². The number of halogens is 1. The number of methoxy groups -OCH3 is 1. The summed E-state index contributed by atoms with van der Waals surface area (Å²) in [6, 6.07) is 4.70. The number of ether oxygens (including phenoxy) is 1. The van der Waals surface area contributed by atoms with Crippen molar-refractivity contribution in [2.24, 2.45) is 0 Å². The lowest BCUT2D eigenvalue weighted by molar-refractivity contribution is 0.411. The fourth-order valence-corrected chi connectivity index (χ4v) is 2.63. The average Bonchev–Trinajstić information content (AvgIpc) is 2.17. The van der Waals surface area contributed by atoms with Crippen molar-refractivity contribution in [3.05, 3.63) is 21.8 Å². The number of benzene rings is 1. The molecule has 6 heteroatoms. The van der Waals surface area contributed by atoms with Crippen LogP contribution in [0.25, 0.3) is 0 Å². The zero-order valence-electron chi connectivity index (χ0n) is 7.74. The maximum atomic E-state index is 11.4. The van der Waals surface area contributed by atoms with Gasteiger partial charge in [-0.25, -0.2) is 13.1 Å². The molecule has 14 heavy (non-hydrogen) atoms. The van der Waals surface area contributed by atoms with E-state index >= 15 is 0 Å². The summed E-state index contributed by atoms with van der Waals surface area (Å²) in [5.41, 5.74) is 0. The van der Waals surface area contributed by atoms with Crippen LogP contribution in [0.3, 0.4) is 0 Å². The highest BCUT2D eigenvalue weighted by atomic mass is 127. The van der Waals surface area contributed by atoms with Gasteiger partial charge < -0.3 is 4.74 Å². The highest BCUT2D eigenvalue weighted by Crippen LogP contribution is 2.23. The molecule has 1 aromatic carbocycles. The molecule has 0 fully saturated rings. The normalized spacial score (nSPS) is 11.4. The number of sulfonamides is 1. The van der Waals surface area contributed by atoms with E-state index in [1.54, 1.807) is 19.2 Å². The van der Waals surface area contributed by atoms with Crippen LogP contribution < -0.4 is 9.46 Å². The fourth-order valence-electron chi connectivity index (χ4n) is 0.932. The van der Waals surface area contributed by atoms with E-state index in [1.807, 2.05) is 22.6 Å². The quantitative estimate of drug-likeness (QED) is 0.849. The van der Waals surface area contributed by atoms with Gasteiger partial charge in [-0.2, -0.15) is 0 Å². The number of rotatable bonds is 3. The number of hydrogen-bond acceptors (Lipinski definition) is 3. The predicted octanol–water partition coefficient (Wildman–Crippen LogP) is 1.21. The summed E-state index contributed by atoms with van der Waals surface area (Å²) in [7, 11) is -0.429. The summed E-state index contributed by atoms with van der Waals surface area (Å²) in [6.07, 6.45) is 0. The molecule has 0 unspecified atom stereocenters. The maximum Gasteiger partial charge on any atom is 0.240 e. The van der Waals surface area contributed by atoms with Crippen LogP contribution in [-0.2, 0) is 10.0 Å². The van der Waals surface area contributed by atoms with Crippen LogP contribution in [0, 0.1) is 3.57 Å². The Morgan fingerprint density at radius 1 is 1.43 bits per heavy atom. The molecule has 0 aliphatic rings. The first-order chi connectivity index (χ1) is 6.51. The zero-order valence-corrected chi connectivity index (χ0v) is 10.7. The van der Waals surface area contributed by atoms with Gasteiger partial charge in [0.25, 0.3) is 0 Å². The molecule has 0 bridgehead atoms. The van der Waals surface area contributed by atoms with Crippen LogP contribution in [0.5, 0.6) is 5.75 Å². The minimum absolute atomic E-state index is 0.241. The van der Waals surface area contributed by atoms with Crippen molar-refractivity contribution in [1.82, 2.24) is 4.72 Å². The van der Waals surface area contributed by atoms with Crippen molar-refractivity contribution >= 4 is 32.6 Å². The Hall–Kier alpha value is -0.340. The SMILES string of the molecule is CNS(=O)(=O)c1ccc(OC)c(I)c1. The van der Waals surface area contributed by atoms with Crippen molar-refractivity contribution in [1.29, 1.82) is 0 Å². The van der Waals surface area contributed by atoms with Gasteiger partial charge in [0.2, 0.25) is 10.0 Å². The third-order valence-electron chi connectivity index (χ3n) is 1.70. The second kappa shape index (κ2) is 4.45. The lowest BCUT2D eigenvalue weighted by Crippen LogP contribution is -2.18. The van der Waals surface area contributed by atoms with Crippen molar-refractivity contribution in [3.8, 4) is 5.75 Å². The number of hydrogen-bond donors (Lipinski definition) is 1. The Kier molecular flexibility index (Phi) is 3.73. The van der Waals surface area contributed by atoms with E-state index in [-0.39, 0.29) is 4.90 Å². The summed E-state index contributed by atoms with van der Waals surface area (Å²) in [4.78, 5) is 0.241. The molecule has 4 nitrogen and oxygen atoms in total. The highest BCUT2D eigenvalue weighted by molar-refractivity contribution is 14.1. The second-order valence-electron chi connectivity index (χ2n) is 2.50. The second-order valence-corrected chi connectivity index (χ2v) is 5.55. The summed E-state index contributed by atoms with van der Waals surface area (Å²) in [5, 5.41) is 0. The first kappa shape index (κ1) is 11.7. The number of nitrogens with one attached hydrogen (secondary N) is 1. The molecule has 1 N–H and O–H groups in total. The third-order valence-corrected chi connectivity index (χ3v) is 3.96. The van der Waals surface area contributed by atoms with Crippen LogP contribution in [0.2, 0.25) is 0 Å². The van der Waals surface area contributed by atoms with Gasteiger partial charge in [-0.3, -0.25) is 0 Å². The van der Waals surface area contributed by atoms with Gasteiger partial charge in [0.05, 0.1) is 15.6 Å². The molecule has 0 atom stereocenters. The molecule has 0 saturated heterocycles. The fraction of sp³-hybridized carbons (Fsp3) is 0.250. The molecule has 78 valence electrons. The minimum atomic E-state index is -3.36. The van der Waals surface area contributed by atoms with E-state index in [2.05, 4.69) is 4.72 Å². The molecular weight excluding hydrogens is 317 g/mol. The van der Waals surface area contributed by atoms with E-state index < -0.39 is 10.0 Å². The van der Waals surface area contributed by atoms with Crippen molar-refractivity contribution in [2.45, 2.75) is 4.90 Å². The van der Waals surface area contributed by atoms with Crippen molar-refractivity contribution < 1.29 is 13.2 Å². The summed E-state index contributed by atoms with van der Waals surface area (Å²) >= 11 is 2.03. The van der Waals surface area contributed by atoms with Gasteiger partial charge in [-0.1, -0.05) is 0 Å². The molecule has 0 aromatic heterocycles. The van der Waals surface area contributed by atoms with E-state index in [0.717, 1.165) is 3.57 Å². The molecule has 0 heterocycles. The lowest BCUT2D eigenvalue weighted by atomic mass is 10.3. The maximum absolute atomic E-state index is 11.4. The van der Waals surface area contributed by atoms with Crippen LogP contribution in [-0.4, -0.2) is 22.6 Å². The van der Waals surface area contributed by atoms with Crippen molar-refractivity contribution in [2.75, 3.05) is 14.2 Å². The molecule has 1 rings (SSSR count). The predicted molar refractivity (Wildman–Crippen MR) is 62.0 cm³/mol. The molecule has 0 spiro atoms. The Bertz CT molecular complexity index is 430. The molecule has 0 saturated carbocycles. The topological polar surface area (TPSA) is 55.4 Å². The highest BCUT2D eigenvalue weighted by Gasteiger charge is 2.12. The Morgan fingerprint density at radius 3 is 2.50 bits per heavy atom. The van der Waals surface area contributed by atoms with Gasteiger partial charge >= 0.3 is 0 Å². The van der Waals surface area contributed by atoms with Gasteiger partial charge in [-0.05, 0) is 47.8 Å². The summed E-state index contributed by atoms with van der Waals surface area (Å²) < 4.78 is 30.8. The minimum Gasteiger partial charge on any atom is -0.496 e. The average molecular weight is 327 g/mol. The monoisotopic (exact) mass is 327 g/mol. The van der Waals surface area contributed by atoms with E-state index in [4.69, 9.17) is 4.74 Å². The molecule has 0 amide bonds.